The molecule has 1 heterocycles. The maximum atomic E-state index is 6.19. The summed E-state index contributed by atoms with van der Waals surface area (Å²) in [5.41, 5.74) is 0. The van der Waals surface area contributed by atoms with E-state index in [1.165, 1.54) is 0 Å². The van der Waals surface area contributed by atoms with Gasteiger partial charge in [0.1, 0.15) is 0 Å². The minimum atomic E-state index is -0.910. The molecule has 1 fully saturated rings. The molecule has 0 aromatic heterocycles. The molecule has 0 bridgehead atoms. The van der Waals surface area contributed by atoms with E-state index in [4.69, 9.17) is 32.7 Å². The zero-order chi connectivity index (χ0) is 9.90. The van der Waals surface area contributed by atoms with Crippen molar-refractivity contribution in [1.82, 2.24) is 0 Å². The van der Waals surface area contributed by atoms with Gasteiger partial charge in [-0.1, -0.05) is 23.2 Å². The molecule has 0 aromatic carbocycles. The van der Waals surface area contributed by atoms with Gasteiger partial charge in [-0.3, -0.25) is 0 Å². The molecule has 0 N–H and O–H groups in total. The lowest BCUT2D eigenvalue weighted by atomic mass is 10.1. The average Bonchev–Trinajstić information content (AvgIpc) is 2.56. The molecule has 1 saturated heterocycles. The highest BCUT2D eigenvalue weighted by Crippen LogP contribution is 2.37. The van der Waals surface area contributed by atoms with Gasteiger partial charge in [-0.2, -0.15) is 0 Å². The van der Waals surface area contributed by atoms with E-state index in [-0.39, 0.29) is 12.2 Å². The molecule has 2 unspecified atom stereocenters. The van der Waals surface area contributed by atoms with Crippen LogP contribution in [0, 0.1) is 0 Å². The summed E-state index contributed by atoms with van der Waals surface area (Å²) in [6, 6.07) is 0. The lowest BCUT2D eigenvalue weighted by Gasteiger charge is -2.31. The third-order valence-electron chi connectivity index (χ3n) is 2.32. The number of hydrogen-bond donors (Lipinski definition) is 0. The molecule has 0 saturated carbocycles. The number of halogens is 2. The molecule has 0 aromatic rings. The fourth-order valence-corrected chi connectivity index (χ4v) is 1.97. The fraction of sp³-hybridized carbons (Fsp3) is 1.00. The molecule has 4 heteroatoms. The molecule has 1 aliphatic rings. The monoisotopic (exact) mass is 226 g/mol. The maximum absolute atomic E-state index is 6.19. The van der Waals surface area contributed by atoms with Crippen LogP contribution in [0.15, 0.2) is 0 Å². The van der Waals surface area contributed by atoms with Gasteiger partial charge in [-0.25, -0.2) is 0 Å². The van der Waals surface area contributed by atoms with Crippen LogP contribution >= 0.6 is 23.2 Å². The molecule has 0 aliphatic carbocycles. The van der Waals surface area contributed by atoms with Gasteiger partial charge in [-0.15, -0.1) is 0 Å². The van der Waals surface area contributed by atoms with Crippen LogP contribution < -0.4 is 0 Å². The average molecular weight is 227 g/mol. The lowest BCUT2D eigenvalue weighted by molar-refractivity contribution is 0.00986. The fourth-order valence-electron chi connectivity index (χ4n) is 1.50. The minimum absolute atomic E-state index is 0.0858. The Kier molecular flexibility index (Phi) is 4.30. The van der Waals surface area contributed by atoms with Gasteiger partial charge in [0.05, 0.1) is 12.2 Å². The van der Waals surface area contributed by atoms with Crippen LogP contribution in [-0.2, 0) is 9.47 Å². The third-order valence-corrected chi connectivity index (χ3v) is 3.42. The largest absolute Gasteiger partial charge is 0.376 e. The third kappa shape index (κ3) is 2.72. The van der Waals surface area contributed by atoms with Crippen molar-refractivity contribution in [2.45, 2.75) is 43.2 Å². The van der Waals surface area contributed by atoms with Crippen LogP contribution in [0.3, 0.4) is 0 Å². The van der Waals surface area contributed by atoms with Crippen molar-refractivity contribution in [2.24, 2.45) is 0 Å². The molecule has 0 amide bonds. The zero-order valence-electron chi connectivity index (χ0n) is 8.06. The molecule has 13 heavy (non-hydrogen) atoms. The van der Waals surface area contributed by atoms with E-state index in [0.29, 0.717) is 6.61 Å². The summed E-state index contributed by atoms with van der Waals surface area (Å²) < 4.78 is 9.91. The van der Waals surface area contributed by atoms with E-state index < -0.39 is 4.33 Å². The van der Waals surface area contributed by atoms with Gasteiger partial charge in [-0.05, 0) is 26.7 Å². The summed E-state index contributed by atoms with van der Waals surface area (Å²) >= 11 is 12.4. The second kappa shape index (κ2) is 4.83. The number of alkyl halides is 2. The van der Waals surface area contributed by atoms with Crippen molar-refractivity contribution in [3.8, 4) is 0 Å². The van der Waals surface area contributed by atoms with Crippen LogP contribution in [0.1, 0.15) is 26.7 Å². The van der Waals surface area contributed by atoms with Gasteiger partial charge in [0.25, 0.3) is 0 Å². The topological polar surface area (TPSA) is 18.5 Å². The van der Waals surface area contributed by atoms with E-state index in [2.05, 4.69) is 0 Å². The Morgan fingerprint density at radius 1 is 1.62 bits per heavy atom. The molecule has 1 aliphatic heterocycles. The Morgan fingerprint density at radius 2 is 2.31 bits per heavy atom. The first-order valence-electron chi connectivity index (χ1n) is 4.70. The van der Waals surface area contributed by atoms with Gasteiger partial charge in [0.2, 0.25) is 0 Å². The number of ether oxygens (including phenoxy) is 2. The molecule has 2 atom stereocenters. The number of hydrogen-bond acceptors (Lipinski definition) is 2. The molecule has 0 spiro atoms. The van der Waals surface area contributed by atoms with E-state index in [9.17, 15) is 0 Å². The summed E-state index contributed by atoms with van der Waals surface area (Å²) in [4.78, 5) is 0. The van der Waals surface area contributed by atoms with Crippen molar-refractivity contribution < 1.29 is 9.47 Å². The van der Waals surface area contributed by atoms with Crippen LogP contribution in [0.2, 0.25) is 0 Å². The van der Waals surface area contributed by atoms with Crippen molar-refractivity contribution >= 4 is 23.2 Å². The van der Waals surface area contributed by atoms with Crippen LogP contribution in [-0.4, -0.2) is 29.8 Å². The van der Waals surface area contributed by atoms with Crippen molar-refractivity contribution in [1.29, 1.82) is 0 Å². The highest BCUT2D eigenvalue weighted by Gasteiger charge is 2.43. The molecular weight excluding hydrogens is 211 g/mol. The molecule has 0 radical (unpaired) electrons. The molecule has 2 nitrogen and oxygen atoms in total. The highest BCUT2D eigenvalue weighted by molar-refractivity contribution is 6.49. The van der Waals surface area contributed by atoms with Gasteiger partial charge >= 0.3 is 0 Å². The molecular formula is C9H16Cl2O2. The summed E-state index contributed by atoms with van der Waals surface area (Å²) in [6.45, 7) is 5.18. The number of rotatable bonds is 4. The summed E-state index contributed by atoms with van der Waals surface area (Å²) in [5, 5.41) is 0. The van der Waals surface area contributed by atoms with Crippen LogP contribution in [0.25, 0.3) is 0 Å². The Bertz CT molecular complexity index is 156. The minimum Gasteiger partial charge on any atom is -0.376 e. The van der Waals surface area contributed by atoms with Gasteiger partial charge in [0, 0.05) is 13.2 Å². The first kappa shape index (κ1) is 11.6. The van der Waals surface area contributed by atoms with Crippen LogP contribution in [0.5, 0.6) is 0 Å². The smallest absolute Gasteiger partial charge is 0.169 e. The van der Waals surface area contributed by atoms with E-state index in [1.54, 1.807) is 0 Å². The zero-order valence-corrected chi connectivity index (χ0v) is 9.57. The maximum Gasteiger partial charge on any atom is 0.169 e. The first-order valence-corrected chi connectivity index (χ1v) is 5.45. The molecule has 1 rings (SSSR count). The first-order chi connectivity index (χ1) is 6.09. The van der Waals surface area contributed by atoms with Crippen molar-refractivity contribution in [3.63, 3.8) is 0 Å². The quantitative estimate of drug-likeness (QED) is 0.687. The SMILES string of the molecule is CCOC(C)C(Cl)(Cl)C1CCCO1. The second-order valence-electron chi connectivity index (χ2n) is 3.27. The Hall–Kier alpha value is 0.500. The van der Waals surface area contributed by atoms with Crippen LogP contribution in [0.4, 0.5) is 0 Å². The van der Waals surface area contributed by atoms with E-state index in [0.717, 1.165) is 19.4 Å². The Labute approximate surface area is 89.5 Å². The van der Waals surface area contributed by atoms with Gasteiger partial charge in [0.15, 0.2) is 4.33 Å². The lowest BCUT2D eigenvalue weighted by Crippen LogP contribution is -2.42. The second-order valence-corrected chi connectivity index (χ2v) is 4.72. The standard InChI is InChI=1S/C9H16Cl2O2/c1-3-12-7(2)9(10,11)8-5-4-6-13-8/h7-8H,3-6H2,1-2H3. The van der Waals surface area contributed by atoms with Crippen molar-refractivity contribution in [2.75, 3.05) is 13.2 Å². The van der Waals surface area contributed by atoms with Crippen molar-refractivity contribution in [3.05, 3.63) is 0 Å². The summed E-state index contributed by atoms with van der Waals surface area (Å²) in [5.74, 6) is 0. The van der Waals surface area contributed by atoms with E-state index >= 15 is 0 Å². The normalized spacial score (nSPS) is 26.3. The Morgan fingerprint density at radius 3 is 2.77 bits per heavy atom. The van der Waals surface area contributed by atoms with E-state index in [1.807, 2.05) is 13.8 Å². The summed E-state index contributed by atoms with van der Waals surface area (Å²) in [6.07, 6.45) is 1.68. The Balaban J connectivity index is 2.51. The predicted octanol–water partition coefficient (Wildman–Crippen LogP) is 2.76. The summed E-state index contributed by atoms with van der Waals surface area (Å²) in [7, 11) is 0. The van der Waals surface area contributed by atoms with Gasteiger partial charge < -0.3 is 9.47 Å². The predicted molar refractivity (Wildman–Crippen MR) is 54.5 cm³/mol. The highest BCUT2D eigenvalue weighted by atomic mass is 35.5. The molecule has 78 valence electrons.